The van der Waals surface area contributed by atoms with Gasteiger partial charge in [0.15, 0.2) is 5.75 Å². The number of hydrogen-bond acceptors (Lipinski definition) is 3. The molecular formula is C13H11ClO3. The van der Waals surface area contributed by atoms with E-state index in [4.69, 9.17) is 20.8 Å². The Hall–Kier alpha value is -1.74. The van der Waals surface area contributed by atoms with Gasteiger partial charge in [-0.25, -0.2) is 0 Å². The first-order valence-corrected chi connectivity index (χ1v) is 5.49. The van der Waals surface area contributed by atoms with E-state index in [0.717, 1.165) is 5.56 Å². The van der Waals surface area contributed by atoms with E-state index in [1.807, 2.05) is 12.1 Å². The van der Waals surface area contributed by atoms with Crippen molar-refractivity contribution in [3.05, 3.63) is 41.1 Å². The summed E-state index contributed by atoms with van der Waals surface area (Å²) in [6.45, 7) is 3.10. The van der Waals surface area contributed by atoms with E-state index in [1.54, 1.807) is 25.1 Å². The molecule has 0 amide bonds. The van der Waals surface area contributed by atoms with Gasteiger partial charge < -0.3 is 9.15 Å². The molecule has 2 rings (SSSR count). The monoisotopic (exact) mass is 250 g/mol. The van der Waals surface area contributed by atoms with Crippen LogP contribution in [0.25, 0.3) is 11.3 Å². The highest BCUT2D eigenvalue weighted by atomic mass is 35.5. The zero-order valence-corrected chi connectivity index (χ0v) is 10.2. The lowest BCUT2D eigenvalue weighted by molar-refractivity contribution is -0.131. The fourth-order valence-electron chi connectivity index (χ4n) is 1.48. The van der Waals surface area contributed by atoms with Gasteiger partial charge in [0.2, 0.25) is 0 Å². The van der Waals surface area contributed by atoms with Crippen molar-refractivity contribution in [3.63, 3.8) is 0 Å². The molecule has 1 aromatic carbocycles. The summed E-state index contributed by atoms with van der Waals surface area (Å²) in [5.74, 6) is 1.31. The second-order valence-electron chi connectivity index (χ2n) is 3.63. The summed E-state index contributed by atoms with van der Waals surface area (Å²) in [6, 6.07) is 8.94. The Morgan fingerprint density at radius 1 is 1.29 bits per heavy atom. The minimum absolute atomic E-state index is 0.364. The van der Waals surface area contributed by atoms with Gasteiger partial charge in [0.1, 0.15) is 11.5 Å². The SMILES string of the molecule is CC(=O)Oc1cc(-c2ccc(Cl)cc2)oc1C. The van der Waals surface area contributed by atoms with E-state index in [-0.39, 0.29) is 5.97 Å². The molecule has 0 aliphatic carbocycles. The topological polar surface area (TPSA) is 39.4 Å². The highest BCUT2D eigenvalue weighted by Gasteiger charge is 2.11. The Balaban J connectivity index is 2.34. The van der Waals surface area contributed by atoms with Gasteiger partial charge in [0.05, 0.1) is 0 Å². The third-order valence-electron chi connectivity index (χ3n) is 2.25. The van der Waals surface area contributed by atoms with Crippen LogP contribution in [0.5, 0.6) is 5.75 Å². The first kappa shape index (κ1) is 11.7. The molecule has 0 bridgehead atoms. The van der Waals surface area contributed by atoms with Crippen molar-refractivity contribution in [1.29, 1.82) is 0 Å². The van der Waals surface area contributed by atoms with Gasteiger partial charge in [0, 0.05) is 23.6 Å². The number of benzene rings is 1. The van der Waals surface area contributed by atoms with Crippen LogP contribution in [0, 0.1) is 6.92 Å². The predicted octanol–water partition coefficient (Wildman–Crippen LogP) is 3.83. The molecular weight excluding hydrogens is 240 g/mol. The highest BCUT2D eigenvalue weighted by Crippen LogP contribution is 2.30. The Labute approximate surface area is 104 Å². The number of ether oxygens (including phenoxy) is 1. The number of esters is 1. The lowest BCUT2D eigenvalue weighted by Crippen LogP contribution is -2.00. The van der Waals surface area contributed by atoms with E-state index >= 15 is 0 Å². The zero-order valence-electron chi connectivity index (χ0n) is 9.49. The Morgan fingerprint density at radius 2 is 1.94 bits per heavy atom. The molecule has 2 aromatic rings. The van der Waals surface area contributed by atoms with Gasteiger partial charge in [-0.3, -0.25) is 4.79 Å². The van der Waals surface area contributed by atoms with Crippen LogP contribution in [0.3, 0.4) is 0 Å². The quantitative estimate of drug-likeness (QED) is 0.761. The molecule has 0 spiro atoms. The standard InChI is InChI=1S/C13H11ClO3/c1-8-12(17-9(2)15)7-13(16-8)10-3-5-11(14)6-4-10/h3-7H,1-2H3. The maximum absolute atomic E-state index is 10.9. The molecule has 0 N–H and O–H groups in total. The number of carbonyl (C=O) groups excluding carboxylic acids is 1. The van der Waals surface area contributed by atoms with E-state index < -0.39 is 0 Å². The van der Waals surface area contributed by atoms with Crippen molar-refractivity contribution in [1.82, 2.24) is 0 Å². The number of halogens is 1. The molecule has 4 heteroatoms. The van der Waals surface area contributed by atoms with Gasteiger partial charge in [-0.15, -0.1) is 0 Å². The molecule has 0 aliphatic heterocycles. The second kappa shape index (κ2) is 4.63. The summed E-state index contributed by atoms with van der Waals surface area (Å²) < 4.78 is 10.5. The van der Waals surface area contributed by atoms with Gasteiger partial charge >= 0.3 is 5.97 Å². The Kier molecular flexibility index (Phi) is 3.20. The summed E-state index contributed by atoms with van der Waals surface area (Å²) >= 11 is 5.80. The molecule has 0 aliphatic rings. The van der Waals surface area contributed by atoms with Crippen LogP contribution in [0.15, 0.2) is 34.7 Å². The molecule has 0 radical (unpaired) electrons. The minimum Gasteiger partial charge on any atom is -0.457 e. The largest absolute Gasteiger partial charge is 0.457 e. The molecule has 0 fully saturated rings. The van der Waals surface area contributed by atoms with Crippen molar-refractivity contribution < 1.29 is 13.9 Å². The lowest BCUT2D eigenvalue weighted by atomic mass is 10.2. The number of carbonyl (C=O) groups is 1. The number of rotatable bonds is 2. The maximum Gasteiger partial charge on any atom is 0.308 e. The maximum atomic E-state index is 10.9. The first-order valence-electron chi connectivity index (χ1n) is 5.11. The first-order chi connectivity index (χ1) is 8.06. The summed E-state index contributed by atoms with van der Waals surface area (Å²) in [4.78, 5) is 10.9. The fourth-order valence-corrected chi connectivity index (χ4v) is 1.60. The van der Waals surface area contributed by atoms with Crippen LogP contribution < -0.4 is 4.74 Å². The van der Waals surface area contributed by atoms with Gasteiger partial charge in [-0.1, -0.05) is 11.6 Å². The summed E-state index contributed by atoms with van der Waals surface area (Å²) in [5.41, 5.74) is 0.885. The smallest absolute Gasteiger partial charge is 0.308 e. The Morgan fingerprint density at radius 3 is 2.53 bits per heavy atom. The van der Waals surface area contributed by atoms with Crippen molar-refractivity contribution >= 4 is 17.6 Å². The van der Waals surface area contributed by atoms with Crippen LogP contribution >= 0.6 is 11.6 Å². The molecule has 0 atom stereocenters. The van der Waals surface area contributed by atoms with Gasteiger partial charge in [0.25, 0.3) is 0 Å². The van der Waals surface area contributed by atoms with Crippen molar-refractivity contribution in [3.8, 4) is 17.1 Å². The average Bonchev–Trinajstić information content (AvgIpc) is 2.60. The van der Waals surface area contributed by atoms with E-state index in [2.05, 4.69) is 0 Å². The molecule has 1 aromatic heterocycles. The van der Waals surface area contributed by atoms with Crippen LogP contribution in [0.4, 0.5) is 0 Å². The predicted molar refractivity (Wildman–Crippen MR) is 65.2 cm³/mol. The zero-order chi connectivity index (χ0) is 12.4. The minimum atomic E-state index is -0.364. The molecule has 1 heterocycles. The van der Waals surface area contributed by atoms with Gasteiger partial charge in [-0.2, -0.15) is 0 Å². The number of hydrogen-bond donors (Lipinski definition) is 0. The lowest BCUT2D eigenvalue weighted by Gasteiger charge is -1.95. The van der Waals surface area contributed by atoms with E-state index in [9.17, 15) is 4.79 Å². The summed E-state index contributed by atoms with van der Waals surface area (Å²) in [7, 11) is 0. The molecule has 0 saturated carbocycles. The third-order valence-corrected chi connectivity index (χ3v) is 2.51. The molecule has 3 nitrogen and oxygen atoms in total. The second-order valence-corrected chi connectivity index (χ2v) is 4.07. The number of aryl methyl sites for hydroxylation is 1. The summed E-state index contributed by atoms with van der Waals surface area (Å²) in [6.07, 6.45) is 0. The van der Waals surface area contributed by atoms with Crippen molar-refractivity contribution in [2.24, 2.45) is 0 Å². The Bertz CT molecular complexity index is 540. The van der Waals surface area contributed by atoms with Crippen molar-refractivity contribution in [2.75, 3.05) is 0 Å². The van der Waals surface area contributed by atoms with Crippen LogP contribution in [0.2, 0.25) is 5.02 Å². The van der Waals surface area contributed by atoms with Crippen LogP contribution in [-0.4, -0.2) is 5.97 Å². The van der Waals surface area contributed by atoms with Crippen LogP contribution in [-0.2, 0) is 4.79 Å². The molecule has 0 unspecified atom stereocenters. The van der Waals surface area contributed by atoms with Crippen molar-refractivity contribution in [2.45, 2.75) is 13.8 Å². The third kappa shape index (κ3) is 2.68. The summed E-state index contributed by atoms with van der Waals surface area (Å²) in [5, 5.41) is 0.664. The van der Waals surface area contributed by atoms with Crippen LogP contribution in [0.1, 0.15) is 12.7 Å². The van der Waals surface area contributed by atoms with E-state index in [1.165, 1.54) is 6.92 Å². The van der Waals surface area contributed by atoms with Gasteiger partial charge in [-0.05, 0) is 31.2 Å². The molecule has 88 valence electrons. The normalized spacial score (nSPS) is 10.3. The average molecular weight is 251 g/mol. The fraction of sp³-hybridized carbons (Fsp3) is 0.154. The number of furan rings is 1. The molecule has 0 saturated heterocycles. The molecule has 17 heavy (non-hydrogen) atoms. The highest BCUT2D eigenvalue weighted by molar-refractivity contribution is 6.30. The van der Waals surface area contributed by atoms with E-state index in [0.29, 0.717) is 22.3 Å².